The van der Waals surface area contributed by atoms with Gasteiger partial charge >= 0.3 is 0 Å². The van der Waals surface area contributed by atoms with Crippen molar-refractivity contribution in [2.24, 2.45) is 0 Å². The second-order valence-electron chi connectivity index (χ2n) is 5.99. The summed E-state index contributed by atoms with van der Waals surface area (Å²) in [6.07, 6.45) is 0.842. The normalized spacial score (nSPS) is 15.5. The summed E-state index contributed by atoms with van der Waals surface area (Å²) in [5.74, 6) is -0.0651. The van der Waals surface area contributed by atoms with Crippen molar-refractivity contribution in [3.8, 4) is 5.88 Å². The van der Waals surface area contributed by atoms with E-state index in [1.54, 1.807) is 0 Å². The molecule has 1 aromatic heterocycles. The number of benzene rings is 1. The van der Waals surface area contributed by atoms with E-state index >= 15 is 0 Å². The molecule has 1 fully saturated rings. The molecule has 2 heterocycles. The van der Waals surface area contributed by atoms with Crippen LogP contribution in [0.5, 0.6) is 5.88 Å². The minimum absolute atomic E-state index is 0.181. The van der Waals surface area contributed by atoms with Crippen LogP contribution in [0, 0.1) is 0 Å². The van der Waals surface area contributed by atoms with E-state index in [1.165, 1.54) is 12.3 Å². The quantitative estimate of drug-likeness (QED) is 0.748. The summed E-state index contributed by atoms with van der Waals surface area (Å²) in [6.45, 7) is 3.38. The first kappa shape index (κ1) is 19.9. The zero-order valence-electron chi connectivity index (χ0n) is 14.8. The monoisotopic (exact) mass is 410 g/mol. The molecule has 3 rings (SSSR count). The molecule has 0 bridgehead atoms. The molecule has 0 aliphatic carbocycles. The van der Waals surface area contributed by atoms with Gasteiger partial charge in [0.05, 0.1) is 18.2 Å². The van der Waals surface area contributed by atoms with E-state index in [-0.39, 0.29) is 23.1 Å². The van der Waals surface area contributed by atoms with Crippen molar-refractivity contribution in [1.82, 2.24) is 10.3 Å². The third kappa shape index (κ3) is 5.32. The highest BCUT2D eigenvalue weighted by Crippen LogP contribution is 2.26. The highest BCUT2D eigenvalue weighted by Gasteiger charge is 2.21. The van der Waals surface area contributed by atoms with Gasteiger partial charge in [-0.15, -0.1) is 0 Å². The van der Waals surface area contributed by atoms with Crippen molar-refractivity contribution in [1.29, 1.82) is 0 Å². The molecule has 1 atom stereocenters. The van der Waals surface area contributed by atoms with Crippen LogP contribution in [0.15, 0.2) is 36.5 Å². The van der Waals surface area contributed by atoms with Crippen LogP contribution < -0.4 is 10.1 Å². The average Bonchev–Trinajstić information content (AvgIpc) is 3.21. The largest absolute Gasteiger partial charge is 0.463 e. The molecular formula is C19H20Cl2N2O4. The van der Waals surface area contributed by atoms with Crippen molar-refractivity contribution in [2.75, 3.05) is 13.2 Å². The summed E-state index contributed by atoms with van der Waals surface area (Å²) in [7, 11) is 0. The highest BCUT2D eigenvalue weighted by molar-refractivity contribution is 6.35. The number of ether oxygens (including phenoxy) is 3. The van der Waals surface area contributed by atoms with Crippen LogP contribution in [-0.4, -0.2) is 30.2 Å². The summed E-state index contributed by atoms with van der Waals surface area (Å²) in [5, 5.41) is 3.54. The number of halogens is 2. The summed E-state index contributed by atoms with van der Waals surface area (Å²) in [4.78, 5) is 16.5. The number of aromatic nitrogens is 1. The van der Waals surface area contributed by atoms with Crippen molar-refractivity contribution in [2.45, 2.75) is 32.3 Å². The third-order valence-corrected chi connectivity index (χ3v) is 4.48. The second kappa shape index (κ2) is 9.37. The van der Waals surface area contributed by atoms with Crippen molar-refractivity contribution < 1.29 is 19.0 Å². The fourth-order valence-electron chi connectivity index (χ4n) is 2.65. The van der Waals surface area contributed by atoms with Gasteiger partial charge in [0.15, 0.2) is 12.4 Å². The number of rotatable bonds is 7. The van der Waals surface area contributed by atoms with Gasteiger partial charge in [-0.25, -0.2) is 4.98 Å². The Hall–Kier alpha value is -1.86. The van der Waals surface area contributed by atoms with Crippen molar-refractivity contribution in [3.05, 3.63) is 57.7 Å². The van der Waals surface area contributed by atoms with Gasteiger partial charge in [0, 0.05) is 18.3 Å². The van der Waals surface area contributed by atoms with Crippen molar-refractivity contribution in [3.63, 3.8) is 0 Å². The molecule has 1 saturated heterocycles. The van der Waals surface area contributed by atoms with Crippen LogP contribution in [0.25, 0.3) is 0 Å². The number of hydrogen-bond acceptors (Lipinski definition) is 5. The molecule has 1 amide bonds. The molecule has 0 spiro atoms. The molecule has 8 heteroatoms. The lowest BCUT2D eigenvalue weighted by Crippen LogP contribution is -2.37. The topological polar surface area (TPSA) is 69.7 Å². The van der Waals surface area contributed by atoms with Gasteiger partial charge in [0.2, 0.25) is 5.88 Å². The van der Waals surface area contributed by atoms with Gasteiger partial charge in [-0.1, -0.05) is 48.3 Å². The summed E-state index contributed by atoms with van der Waals surface area (Å²) < 4.78 is 16.7. The zero-order chi connectivity index (χ0) is 19.2. The first-order valence-electron chi connectivity index (χ1n) is 8.64. The Morgan fingerprint density at radius 1 is 1.33 bits per heavy atom. The van der Waals surface area contributed by atoms with E-state index in [1.807, 2.05) is 31.2 Å². The molecule has 0 saturated carbocycles. The molecule has 6 nitrogen and oxygen atoms in total. The van der Waals surface area contributed by atoms with Gasteiger partial charge in [-0.3, -0.25) is 4.79 Å². The maximum atomic E-state index is 12.5. The first-order valence-corrected chi connectivity index (χ1v) is 9.40. The van der Waals surface area contributed by atoms with Crippen LogP contribution in [-0.2, 0) is 20.8 Å². The van der Waals surface area contributed by atoms with Gasteiger partial charge in [-0.05, 0) is 24.1 Å². The lowest BCUT2D eigenvalue weighted by Gasteiger charge is -2.17. The van der Waals surface area contributed by atoms with E-state index in [0.29, 0.717) is 31.2 Å². The number of nitrogens with zero attached hydrogens (tertiary/aromatic N) is 1. The predicted molar refractivity (Wildman–Crippen MR) is 102 cm³/mol. The first-order chi connectivity index (χ1) is 13.1. The second-order valence-corrected chi connectivity index (χ2v) is 6.84. The summed E-state index contributed by atoms with van der Waals surface area (Å²) in [6, 6.07) is 9.25. The third-order valence-electron chi connectivity index (χ3n) is 4.00. The summed E-state index contributed by atoms with van der Waals surface area (Å²) >= 11 is 11.9. The maximum Gasteiger partial charge on any atom is 0.261 e. The molecule has 144 valence electrons. The minimum Gasteiger partial charge on any atom is -0.463 e. The van der Waals surface area contributed by atoms with E-state index in [0.717, 1.165) is 11.1 Å². The molecule has 1 aliphatic rings. The molecule has 1 N–H and O–H groups in total. The zero-order valence-corrected chi connectivity index (χ0v) is 16.3. The molecular weight excluding hydrogens is 391 g/mol. The van der Waals surface area contributed by atoms with Crippen LogP contribution in [0.3, 0.4) is 0 Å². The standard InChI is InChI=1S/C19H20Cl2N2O4/c1-2-16(27-18-15(21)9-14(20)11-23-18)17(24)22-10-12-4-3-5-13(8-12)19-25-6-7-26-19/h3-5,8-9,11,16,19H,2,6-7,10H2,1H3,(H,22,24)/t16-/m1/s1. The number of amides is 1. The molecule has 1 aromatic carbocycles. The average molecular weight is 411 g/mol. The van der Waals surface area contributed by atoms with Gasteiger partial charge in [-0.2, -0.15) is 0 Å². The van der Waals surface area contributed by atoms with E-state index in [2.05, 4.69) is 10.3 Å². The lowest BCUT2D eigenvalue weighted by molar-refractivity contribution is -0.128. The Morgan fingerprint density at radius 3 is 2.81 bits per heavy atom. The van der Waals surface area contributed by atoms with E-state index < -0.39 is 6.10 Å². The van der Waals surface area contributed by atoms with Crippen LogP contribution in [0.2, 0.25) is 10.0 Å². The van der Waals surface area contributed by atoms with Crippen LogP contribution >= 0.6 is 23.2 Å². The molecule has 0 unspecified atom stereocenters. The Balaban J connectivity index is 1.59. The minimum atomic E-state index is -0.708. The molecule has 27 heavy (non-hydrogen) atoms. The van der Waals surface area contributed by atoms with Gasteiger partial charge < -0.3 is 19.5 Å². The predicted octanol–water partition coefficient (Wildman–Crippen LogP) is 3.91. The number of pyridine rings is 1. The molecule has 1 aliphatic heterocycles. The highest BCUT2D eigenvalue weighted by atomic mass is 35.5. The number of hydrogen-bond donors (Lipinski definition) is 1. The fourth-order valence-corrected chi connectivity index (χ4v) is 3.07. The van der Waals surface area contributed by atoms with Crippen LogP contribution in [0.1, 0.15) is 30.8 Å². The summed E-state index contributed by atoms with van der Waals surface area (Å²) in [5.41, 5.74) is 1.87. The Labute approximate surface area is 167 Å². The Kier molecular flexibility index (Phi) is 6.90. The van der Waals surface area contributed by atoms with Crippen molar-refractivity contribution >= 4 is 29.1 Å². The van der Waals surface area contributed by atoms with Gasteiger partial charge in [0.25, 0.3) is 5.91 Å². The molecule has 2 aromatic rings. The number of nitrogens with one attached hydrogen (secondary N) is 1. The van der Waals surface area contributed by atoms with E-state index in [4.69, 9.17) is 37.4 Å². The smallest absolute Gasteiger partial charge is 0.261 e. The Morgan fingerprint density at radius 2 is 2.11 bits per heavy atom. The van der Waals surface area contributed by atoms with Gasteiger partial charge in [0.1, 0.15) is 5.02 Å². The number of carbonyl (C=O) groups is 1. The lowest BCUT2D eigenvalue weighted by atomic mass is 10.1. The molecule has 0 radical (unpaired) electrons. The number of carbonyl (C=O) groups excluding carboxylic acids is 1. The van der Waals surface area contributed by atoms with E-state index in [9.17, 15) is 4.79 Å². The SMILES string of the molecule is CC[C@@H](Oc1ncc(Cl)cc1Cl)C(=O)NCc1cccc(C2OCCO2)c1. The maximum absolute atomic E-state index is 12.5. The Bertz CT molecular complexity index is 797. The van der Waals surface area contributed by atoms with Crippen LogP contribution in [0.4, 0.5) is 0 Å². The fraction of sp³-hybridized carbons (Fsp3) is 0.368.